The Kier molecular flexibility index (Phi) is 7.55. The molecule has 1 heterocycles. The molecular formula is C23H21ClN2O4S. The third kappa shape index (κ3) is 5.37. The number of hydrogen-bond donors (Lipinski definition) is 0. The molecule has 0 spiro atoms. The molecule has 6 nitrogen and oxygen atoms in total. The predicted molar refractivity (Wildman–Crippen MR) is 123 cm³/mol. The fourth-order valence-electron chi connectivity index (χ4n) is 2.90. The Hall–Kier alpha value is -3.03. The molecule has 3 rings (SSSR count). The summed E-state index contributed by atoms with van der Waals surface area (Å²) in [4.78, 5) is 21.3. The lowest BCUT2D eigenvalue weighted by atomic mass is 10.1. The molecule has 0 bridgehead atoms. The zero-order valence-corrected chi connectivity index (χ0v) is 19.1. The molecule has 3 aromatic rings. The molecule has 0 aliphatic carbocycles. The van der Waals surface area contributed by atoms with E-state index in [1.807, 2.05) is 54.8 Å². The van der Waals surface area contributed by atoms with Crippen LogP contribution in [0.25, 0.3) is 16.7 Å². The second-order valence-electron chi connectivity index (χ2n) is 6.36. The van der Waals surface area contributed by atoms with Crippen molar-refractivity contribution in [3.05, 3.63) is 71.2 Å². The monoisotopic (exact) mass is 456 g/mol. The molecule has 2 aromatic carbocycles. The maximum absolute atomic E-state index is 12.4. The number of aryl methyl sites for hydroxylation is 1. The highest BCUT2D eigenvalue weighted by molar-refractivity contribution is 7.98. The molecule has 0 atom stereocenters. The first kappa shape index (κ1) is 22.7. The summed E-state index contributed by atoms with van der Waals surface area (Å²) in [5.74, 6) is 0.724. The number of methoxy groups -OCH3 is 2. The van der Waals surface area contributed by atoms with Gasteiger partial charge in [-0.05, 0) is 48.6 Å². The number of benzene rings is 2. The Morgan fingerprint density at radius 1 is 1.06 bits per heavy atom. The van der Waals surface area contributed by atoms with Crippen LogP contribution in [-0.2, 0) is 14.3 Å². The summed E-state index contributed by atoms with van der Waals surface area (Å²) in [6, 6.07) is 15.1. The lowest BCUT2D eigenvalue weighted by Gasteiger charge is -2.15. The maximum atomic E-state index is 12.4. The summed E-state index contributed by atoms with van der Waals surface area (Å²) in [7, 11) is 2.75. The van der Waals surface area contributed by atoms with Crippen molar-refractivity contribution >= 4 is 34.9 Å². The summed E-state index contributed by atoms with van der Waals surface area (Å²) in [5.41, 5.74) is 2.52. The van der Waals surface area contributed by atoms with Crippen molar-refractivity contribution in [1.29, 1.82) is 0 Å². The van der Waals surface area contributed by atoms with Crippen LogP contribution in [0.2, 0.25) is 5.02 Å². The van der Waals surface area contributed by atoms with Gasteiger partial charge in [0.25, 0.3) is 0 Å². The molecule has 0 aliphatic heterocycles. The molecule has 160 valence electrons. The van der Waals surface area contributed by atoms with Gasteiger partial charge in [0.05, 0.1) is 26.0 Å². The lowest BCUT2D eigenvalue weighted by Crippen LogP contribution is -2.10. The average molecular weight is 457 g/mol. The molecule has 0 radical (unpaired) electrons. The van der Waals surface area contributed by atoms with Crippen LogP contribution in [0.15, 0.2) is 59.8 Å². The second kappa shape index (κ2) is 10.3. The van der Waals surface area contributed by atoms with E-state index in [-0.39, 0.29) is 11.5 Å². The fraction of sp³-hybridized carbons (Fsp3) is 0.174. The highest BCUT2D eigenvalue weighted by Crippen LogP contribution is 2.36. The minimum Gasteiger partial charge on any atom is -0.503 e. The number of rotatable bonds is 7. The van der Waals surface area contributed by atoms with Crippen molar-refractivity contribution in [3.63, 3.8) is 0 Å². The zero-order valence-electron chi connectivity index (χ0n) is 17.5. The summed E-state index contributed by atoms with van der Waals surface area (Å²) in [6.45, 7) is 1.76. The van der Waals surface area contributed by atoms with E-state index in [9.17, 15) is 4.79 Å². The Bertz CT molecular complexity index is 1120. The molecule has 0 saturated heterocycles. The standard InChI is InChI=1S/C23H21ClN2O4S/c1-14-25-21(20(22(26-14)31-4)19(13-28-2)23(27)29-3)30-18-7-5-6-16(12-18)15-8-10-17(24)11-9-15/h5-13H,1-4H3. The third-order valence-corrected chi connectivity index (χ3v) is 5.22. The van der Waals surface area contributed by atoms with Gasteiger partial charge in [-0.1, -0.05) is 35.9 Å². The minimum atomic E-state index is -0.579. The molecule has 0 unspecified atom stereocenters. The number of carbonyl (C=O) groups is 1. The van der Waals surface area contributed by atoms with E-state index in [1.54, 1.807) is 6.92 Å². The Morgan fingerprint density at radius 2 is 1.81 bits per heavy atom. The van der Waals surface area contributed by atoms with E-state index in [2.05, 4.69) is 9.97 Å². The number of ether oxygens (including phenoxy) is 3. The molecule has 0 amide bonds. The van der Waals surface area contributed by atoms with Crippen molar-refractivity contribution in [2.75, 3.05) is 20.5 Å². The largest absolute Gasteiger partial charge is 0.503 e. The Labute approximate surface area is 190 Å². The fourth-order valence-corrected chi connectivity index (χ4v) is 3.65. The Morgan fingerprint density at radius 3 is 2.45 bits per heavy atom. The predicted octanol–water partition coefficient (Wildman–Crippen LogP) is 5.78. The number of esters is 1. The Balaban J connectivity index is 2.08. The number of nitrogens with zero attached hydrogens (tertiary/aromatic N) is 2. The van der Waals surface area contributed by atoms with Gasteiger partial charge in [0.1, 0.15) is 22.2 Å². The van der Waals surface area contributed by atoms with Gasteiger partial charge in [0, 0.05) is 5.02 Å². The topological polar surface area (TPSA) is 70.5 Å². The van der Waals surface area contributed by atoms with E-state index in [0.717, 1.165) is 11.1 Å². The quantitative estimate of drug-likeness (QED) is 0.147. The zero-order chi connectivity index (χ0) is 22.4. The molecule has 31 heavy (non-hydrogen) atoms. The van der Waals surface area contributed by atoms with Gasteiger partial charge in [-0.3, -0.25) is 0 Å². The van der Waals surface area contributed by atoms with Crippen LogP contribution in [-0.4, -0.2) is 36.4 Å². The van der Waals surface area contributed by atoms with Gasteiger partial charge in [-0.15, -0.1) is 11.8 Å². The highest BCUT2D eigenvalue weighted by Gasteiger charge is 2.25. The lowest BCUT2D eigenvalue weighted by molar-refractivity contribution is -0.133. The second-order valence-corrected chi connectivity index (χ2v) is 7.59. The number of halogens is 1. The maximum Gasteiger partial charge on any atom is 0.341 e. The van der Waals surface area contributed by atoms with Crippen LogP contribution < -0.4 is 4.74 Å². The number of aromatic nitrogens is 2. The van der Waals surface area contributed by atoms with E-state index in [0.29, 0.717) is 27.2 Å². The van der Waals surface area contributed by atoms with Gasteiger partial charge in [-0.25, -0.2) is 9.78 Å². The summed E-state index contributed by atoms with van der Waals surface area (Å²) in [6.07, 6.45) is 3.16. The van der Waals surface area contributed by atoms with Crippen LogP contribution in [0, 0.1) is 6.92 Å². The number of hydrogen-bond acceptors (Lipinski definition) is 7. The van der Waals surface area contributed by atoms with Gasteiger partial charge < -0.3 is 14.2 Å². The van der Waals surface area contributed by atoms with Crippen LogP contribution in [0.1, 0.15) is 11.4 Å². The van der Waals surface area contributed by atoms with Crippen LogP contribution in [0.5, 0.6) is 11.6 Å². The first-order valence-corrected chi connectivity index (χ1v) is 10.8. The SMILES string of the molecule is COC=C(C(=O)OC)c1c(Oc2cccc(-c3ccc(Cl)cc3)c2)nc(C)nc1SC. The van der Waals surface area contributed by atoms with Gasteiger partial charge in [0.15, 0.2) is 0 Å². The van der Waals surface area contributed by atoms with Crippen LogP contribution >= 0.6 is 23.4 Å². The van der Waals surface area contributed by atoms with Crippen molar-refractivity contribution in [2.24, 2.45) is 0 Å². The van der Waals surface area contributed by atoms with Crippen molar-refractivity contribution in [3.8, 4) is 22.8 Å². The minimum absolute atomic E-state index is 0.165. The van der Waals surface area contributed by atoms with Crippen molar-refractivity contribution < 1.29 is 19.0 Å². The van der Waals surface area contributed by atoms with Gasteiger partial charge in [-0.2, -0.15) is 4.98 Å². The van der Waals surface area contributed by atoms with E-state index in [1.165, 1.54) is 32.2 Å². The first-order valence-electron chi connectivity index (χ1n) is 9.25. The van der Waals surface area contributed by atoms with E-state index in [4.69, 9.17) is 25.8 Å². The summed E-state index contributed by atoms with van der Waals surface area (Å²) < 4.78 is 16.2. The van der Waals surface area contributed by atoms with E-state index < -0.39 is 5.97 Å². The van der Waals surface area contributed by atoms with Crippen LogP contribution in [0.4, 0.5) is 0 Å². The first-order chi connectivity index (χ1) is 15.0. The molecule has 1 aromatic heterocycles. The number of thioether (sulfide) groups is 1. The van der Waals surface area contributed by atoms with Crippen LogP contribution in [0.3, 0.4) is 0 Å². The van der Waals surface area contributed by atoms with Crippen molar-refractivity contribution in [1.82, 2.24) is 9.97 Å². The van der Waals surface area contributed by atoms with Gasteiger partial charge in [0.2, 0.25) is 5.88 Å². The highest BCUT2D eigenvalue weighted by atomic mass is 35.5. The smallest absolute Gasteiger partial charge is 0.341 e. The molecule has 0 saturated carbocycles. The molecule has 0 aliphatic rings. The normalized spacial score (nSPS) is 11.2. The van der Waals surface area contributed by atoms with Gasteiger partial charge >= 0.3 is 5.97 Å². The molecular weight excluding hydrogens is 436 g/mol. The summed E-state index contributed by atoms with van der Waals surface area (Å²) in [5, 5.41) is 1.24. The molecule has 8 heteroatoms. The molecule has 0 fully saturated rings. The van der Waals surface area contributed by atoms with Crippen molar-refractivity contribution in [2.45, 2.75) is 11.9 Å². The summed E-state index contributed by atoms with van der Waals surface area (Å²) >= 11 is 7.37. The average Bonchev–Trinajstić information content (AvgIpc) is 2.77. The third-order valence-electron chi connectivity index (χ3n) is 4.28. The molecule has 0 N–H and O–H groups in total. The van der Waals surface area contributed by atoms with E-state index >= 15 is 0 Å². The number of carbonyl (C=O) groups excluding carboxylic acids is 1.